The van der Waals surface area contributed by atoms with Gasteiger partial charge in [-0.3, -0.25) is 0 Å². The summed E-state index contributed by atoms with van der Waals surface area (Å²) < 4.78 is 13.6. The summed E-state index contributed by atoms with van der Waals surface area (Å²) in [5.74, 6) is 0.660. The fourth-order valence-electron chi connectivity index (χ4n) is 2.06. The normalized spacial score (nSPS) is 12.4. The zero-order valence-electron chi connectivity index (χ0n) is 12.1. The maximum Gasteiger partial charge on any atom is 0.136 e. The van der Waals surface area contributed by atoms with Crippen molar-refractivity contribution in [2.24, 2.45) is 0 Å². The molecule has 2 rings (SSSR count). The van der Waals surface area contributed by atoms with Gasteiger partial charge in [0.15, 0.2) is 0 Å². The van der Waals surface area contributed by atoms with Gasteiger partial charge in [0.2, 0.25) is 0 Å². The highest BCUT2D eigenvalue weighted by Gasteiger charge is 2.12. The fourth-order valence-corrected chi connectivity index (χ4v) is 3.15. The van der Waals surface area contributed by atoms with Crippen molar-refractivity contribution in [2.75, 3.05) is 12.8 Å². The summed E-state index contributed by atoms with van der Waals surface area (Å²) in [7, 11) is 1.95. The maximum absolute atomic E-state index is 13.6. The molecule has 106 valence electrons. The van der Waals surface area contributed by atoms with Gasteiger partial charge in [-0.05, 0) is 49.7 Å². The number of aryl methyl sites for hydroxylation is 2. The van der Waals surface area contributed by atoms with E-state index >= 15 is 0 Å². The molecule has 1 unspecified atom stereocenters. The Morgan fingerprint density at radius 1 is 1.10 bits per heavy atom. The molecule has 3 heteroatoms. The lowest BCUT2D eigenvalue weighted by atomic mass is 10.0. The van der Waals surface area contributed by atoms with Crippen LogP contribution in [0, 0.1) is 19.7 Å². The van der Waals surface area contributed by atoms with Crippen molar-refractivity contribution in [3.63, 3.8) is 0 Å². The van der Waals surface area contributed by atoms with Crippen LogP contribution in [0.1, 0.15) is 22.7 Å². The molecule has 0 bridgehead atoms. The molecule has 1 atom stereocenters. The van der Waals surface area contributed by atoms with Crippen molar-refractivity contribution in [3.8, 4) is 0 Å². The van der Waals surface area contributed by atoms with Crippen molar-refractivity contribution in [2.45, 2.75) is 24.8 Å². The molecule has 0 spiro atoms. The molecule has 0 heterocycles. The Morgan fingerprint density at radius 3 is 2.50 bits per heavy atom. The summed E-state index contributed by atoms with van der Waals surface area (Å²) in [6, 6.07) is 13.6. The second-order valence-electron chi connectivity index (χ2n) is 4.93. The van der Waals surface area contributed by atoms with Gasteiger partial charge in [0.1, 0.15) is 5.82 Å². The van der Waals surface area contributed by atoms with Gasteiger partial charge in [-0.1, -0.05) is 30.3 Å². The molecule has 0 aliphatic carbocycles. The lowest BCUT2D eigenvalue weighted by molar-refractivity contribution is 0.601. The minimum Gasteiger partial charge on any atom is -0.312 e. The molecule has 0 aliphatic rings. The lowest BCUT2D eigenvalue weighted by Crippen LogP contribution is -2.19. The van der Waals surface area contributed by atoms with Crippen LogP contribution in [-0.4, -0.2) is 12.8 Å². The van der Waals surface area contributed by atoms with Gasteiger partial charge in [-0.25, -0.2) is 4.39 Å². The highest BCUT2D eigenvalue weighted by Crippen LogP contribution is 2.27. The minimum atomic E-state index is -0.146. The van der Waals surface area contributed by atoms with E-state index in [0.29, 0.717) is 4.90 Å². The number of benzene rings is 2. The molecular formula is C17H20FNS. The number of hydrogen-bond donors (Lipinski definition) is 1. The van der Waals surface area contributed by atoms with Crippen molar-refractivity contribution in [1.82, 2.24) is 5.32 Å². The van der Waals surface area contributed by atoms with Crippen molar-refractivity contribution >= 4 is 11.8 Å². The van der Waals surface area contributed by atoms with Crippen LogP contribution in [0.2, 0.25) is 0 Å². The Morgan fingerprint density at radius 2 is 1.85 bits per heavy atom. The lowest BCUT2D eigenvalue weighted by Gasteiger charge is -2.17. The second-order valence-corrected chi connectivity index (χ2v) is 5.99. The smallest absolute Gasteiger partial charge is 0.136 e. The fraction of sp³-hybridized carbons (Fsp3) is 0.294. The van der Waals surface area contributed by atoms with E-state index in [2.05, 4.69) is 37.4 Å². The van der Waals surface area contributed by atoms with E-state index in [0.717, 1.165) is 5.75 Å². The van der Waals surface area contributed by atoms with Crippen LogP contribution in [-0.2, 0) is 0 Å². The summed E-state index contributed by atoms with van der Waals surface area (Å²) in [5.41, 5.74) is 3.84. The summed E-state index contributed by atoms with van der Waals surface area (Å²) in [6.07, 6.45) is 0. The molecule has 20 heavy (non-hydrogen) atoms. The average molecular weight is 289 g/mol. The summed E-state index contributed by atoms with van der Waals surface area (Å²) in [5, 5.41) is 3.31. The topological polar surface area (TPSA) is 12.0 Å². The molecule has 2 aromatic carbocycles. The van der Waals surface area contributed by atoms with Gasteiger partial charge >= 0.3 is 0 Å². The minimum absolute atomic E-state index is 0.146. The monoisotopic (exact) mass is 289 g/mol. The van der Waals surface area contributed by atoms with Crippen molar-refractivity contribution < 1.29 is 4.39 Å². The zero-order chi connectivity index (χ0) is 14.5. The summed E-state index contributed by atoms with van der Waals surface area (Å²) >= 11 is 1.55. The van der Waals surface area contributed by atoms with Gasteiger partial charge in [0.25, 0.3) is 0 Å². The van der Waals surface area contributed by atoms with Crippen LogP contribution >= 0.6 is 11.8 Å². The number of thioether (sulfide) groups is 1. The van der Waals surface area contributed by atoms with E-state index in [9.17, 15) is 4.39 Å². The molecule has 2 aromatic rings. The van der Waals surface area contributed by atoms with Gasteiger partial charge in [0, 0.05) is 16.7 Å². The predicted molar refractivity (Wildman–Crippen MR) is 84.8 cm³/mol. The third-order valence-electron chi connectivity index (χ3n) is 3.52. The molecule has 0 fully saturated rings. The molecular weight excluding hydrogens is 269 g/mol. The molecule has 0 saturated heterocycles. The number of halogens is 1. The van der Waals surface area contributed by atoms with E-state index < -0.39 is 0 Å². The van der Waals surface area contributed by atoms with Gasteiger partial charge < -0.3 is 5.32 Å². The molecule has 1 nitrogen and oxygen atoms in total. The average Bonchev–Trinajstić information content (AvgIpc) is 2.45. The van der Waals surface area contributed by atoms with E-state index in [-0.39, 0.29) is 11.9 Å². The SMILES string of the molecule is CNC(CSc1ccccc1F)c1ccc(C)c(C)c1. The van der Waals surface area contributed by atoms with Crippen LogP contribution in [0.15, 0.2) is 47.4 Å². The van der Waals surface area contributed by atoms with Crippen LogP contribution in [0.3, 0.4) is 0 Å². The molecule has 0 saturated carbocycles. The number of hydrogen-bond acceptors (Lipinski definition) is 2. The molecule has 0 radical (unpaired) electrons. The van der Waals surface area contributed by atoms with E-state index in [1.807, 2.05) is 19.2 Å². The van der Waals surface area contributed by atoms with Crippen LogP contribution in [0.4, 0.5) is 4.39 Å². The maximum atomic E-state index is 13.6. The van der Waals surface area contributed by atoms with E-state index in [4.69, 9.17) is 0 Å². The Bertz CT molecular complexity index is 583. The largest absolute Gasteiger partial charge is 0.312 e. The Kier molecular flexibility index (Phi) is 5.21. The summed E-state index contributed by atoms with van der Waals surface area (Å²) in [6.45, 7) is 4.23. The first-order valence-electron chi connectivity index (χ1n) is 6.73. The molecule has 0 aliphatic heterocycles. The van der Waals surface area contributed by atoms with Gasteiger partial charge in [0.05, 0.1) is 0 Å². The van der Waals surface area contributed by atoms with Crippen LogP contribution < -0.4 is 5.32 Å². The van der Waals surface area contributed by atoms with E-state index in [1.54, 1.807) is 17.8 Å². The van der Waals surface area contributed by atoms with Gasteiger partial charge in [-0.2, -0.15) is 0 Å². The molecule has 0 aromatic heterocycles. The third kappa shape index (κ3) is 3.62. The first kappa shape index (κ1) is 15.1. The Hall–Kier alpha value is -1.32. The highest BCUT2D eigenvalue weighted by atomic mass is 32.2. The Balaban J connectivity index is 2.09. The molecule has 0 amide bonds. The quantitative estimate of drug-likeness (QED) is 0.814. The number of nitrogens with one attached hydrogen (secondary N) is 1. The van der Waals surface area contributed by atoms with Crippen LogP contribution in [0.5, 0.6) is 0 Å². The highest BCUT2D eigenvalue weighted by molar-refractivity contribution is 7.99. The zero-order valence-corrected chi connectivity index (χ0v) is 12.9. The Labute approximate surface area is 124 Å². The van der Waals surface area contributed by atoms with Crippen LogP contribution in [0.25, 0.3) is 0 Å². The first-order chi connectivity index (χ1) is 9.61. The van der Waals surface area contributed by atoms with Crippen molar-refractivity contribution in [1.29, 1.82) is 0 Å². The number of rotatable bonds is 5. The van der Waals surface area contributed by atoms with Gasteiger partial charge in [-0.15, -0.1) is 11.8 Å². The van der Waals surface area contributed by atoms with E-state index in [1.165, 1.54) is 22.8 Å². The summed E-state index contributed by atoms with van der Waals surface area (Å²) in [4.78, 5) is 0.705. The predicted octanol–water partition coefficient (Wildman–Crippen LogP) is 4.50. The second kappa shape index (κ2) is 6.91. The third-order valence-corrected chi connectivity index (χ3v) is 4.67. The van der Waals surface area contributed by atoms with Crippen molar-refractivity contribution in [3.05, 3.63) is 65.0 Å². The molecule has 1 N–H and O–H groups in total. The standard InChI is InChI=1S/C17H20FNS/c1-12-8-9-14(10-13(12)2)16(19-3)11-20-17-7-5-4-6-15(17)18/h4-10,16,19H,11H2,1-3H3. The first-order valence-corrected chi connectivity index (χ1v) is 7.72.